The van der Waals surface area contributed by atoms with E-state index in [1.54, 1.807) is 0 Å². The molecular weight excluding hydrogens is 264 g/mol. The second kappa shape index (κ2) is 7.92. The molecule has 1 aliphatic rings. The molecule has 1 amide bonds. The summed E-state index contributed by atoms with van der Waals surface area (Å²) in [7, 11) is 3.98. The Morgan fingerprint density at radius 2 is 1.76 bits per heavy atom. The van der Waals surface area contributed by atoms with Gasteiger partial charge >= 0.3 is 0 Å². The maximum absolute atomic E-state index is 12.6. The van der Waals surface area contributed by atoms with Crippen LogP contribution in [0.4, 0.5) is 0 Å². The van der Waals surface area contributed by atoms with Gasteiger partial charge in [0.05, 0.1) is 0 Å². The van der Waals surface area contributed by atoms with Crippen LogP contribution in [-0.4, -0.2) is 43.8 Å². The molecule has 21 heavy (non-hydrogen) atoms. The lowest BCUT2D eigenvalue weighted by atomic mass is 9.69. The minimum absolute atomic E-state index is 0.0679. The fourth-order valence-corrected chi connectivity index (χ4v) is 3.08. The minimum Gasteiger partial charge on any atom is -0.355 e. The minimum atomic E-state index is -0.304. The summed E-state index contributed by atoms with van der Waals surface area (Å²) in [5, 5.41) is 2.97. The van der Waals surface area contributed by atoms with Gasteiger partial charge in [0.15, 0.2) is 0 Å². The van der Waals surface area contributed by atoms with Gasteiger partial charge in [-0.2, -0.15) is 0 Å². The van der Waals surface area contributed by atoms with Gasteiger partial charge < -0.3 is 10.2 Å². The van der Waals surface area contributed by atoms with E-state index in [1.165, 1.54) is 0 Å². The molecule has 0 heterocycles. The van der Waals surface area contributed by atoms with Gasteiger partial charge in [-0.25, -0.2) is 0 Å². The maximum atomic E-state index is 12.6. The molecule has 0 bridgehead atoms. The zero-order valence-corrected chi connectivity index (χ0v) is 14.4. The Labute approximate surface area is 129 Å². The summed E-state index contributed by atoms with van der Waals surface area (Å²) < 4.78 is 0. The second-order valence-corrected chi connectivity index (χ2v) is 7.62. The van der Waals surface area contributed by atoms with Gasteiger partial charge in [-0.1, -0.05) is 33.6 Å². The summed E-state index contributed by atoms with van der Waals surface area (Å²) in [4.78, 5) is 26.7. The van der Waals surface area contributed by atoms with E-state index in [0.29, 0.717) is 18.7 Å². The standard InChI is InChI=1S/C17H32N2O2/c1-17(2,3)16(21)14-9-7-6-8-13(14)12-15(20)18-10-11-19(4)5/h13-14H,6-12H2,1-5H3,(H,18,20)/t13-,14-/m0/s1. The van der Waals surface area contributed by atoms with Crippen molar-refractivity contribution in [2.45, 2.75) is 52.9 Å². The number of hydrogen-bond acceptors (Lipinski definition) is 3. The Hall–Kier alpha value is -0.900. The lowest BCUT2D eigenvalue weighted by Gasteiger charge is -2.34. The van der Waals surface area contributed by atoms with Crippen molar-refractivity contribution in [2.24, 2.45) is 17.3 Å². The molecule has 0 saturated heterocycles. The van der Waals surface area contributed by atoms with Gasteiger partial charge in [0.2, 0.25) is 5.91 Å². The van der Waals surface area contributed by atoms with Gasteiger partial charge in [-0.15, -0.1) is 0 Å². The topological polar surface area (TPSA) is 49.4 Å². The van der Waals surface area contributed by atoms with E-state index < -0.39 is 0 Å². The largest absolute Gasteiger partial charge is 0.355 e. The molecule has 0 aromatic rings. The van der Waals surface area contributed by atoms with Crippen LogP contribution in [0.2, 0.25) is 0 Å². The van der Waals surface area contributed by atoms with Crippen molar-refractivity contribution in [2.75, 3.05) is 27.2 Å². The van der Waals surface area contributed by atoms with Crippen molar-refractivity contribution in [3.63, 3.8) is 0 Å². The lowest BCUT2D eigenvalue weighted by Crippen LogP contribution is -2.38. The first-order valence-corrected chi connectivity index (χ1v) is 8.17. The van der Waals surface area contributed by atoms with Crippen LogP contribution in [0.5, 0.6) is 0 Å². The Balaban J connectivity index is 2.53. The molecule has 1 rings (SSSR count). The van der Waals surface area contributed by atoms with Crippen LogP contribution >= 0.6 is 0 Å². The predicted molar refractivity (Wildman–Crippen MR) is 86.1 cm³/mol. The Morgan fingerprint density at radius 3 is 2.33 bits per heavy atom. The molecule has 0 spiro atoms. The van der Waals surface area contributed by atoms with Crippen LogP contribution in [0.25, 0.3) is 0 Å². The third-order valence-corrected chi connectivity index (χ3v) is 4.31. The third-order valence-electron chi connectivity index (χ3n) is 4.31. The molecule has 1 aliphatic carbocycles. The molecule has 1 fully saturated rings. The summed E-state index contributed by atoms with van der Waals surface area (Å²) >= 11 is 0. The highest BCUT2D eigenvalue weighted by molar-refractivity contribution is 5.87. The summed E-state index contributed by atoms with van der Waals surface area (Å²) in [5.74, 6) is 0.715. The first kappa shape index (κ1) is 18.1. The summed E-state index contributed by atoms with van der Waals surface area (Å²) in [6.07, 6.45) is 4.72. The quantitative estimate of drug-likeness (QED) is 0.819. The number of carbonyl (C=O) groups excluding carboxylic acids is 2. The van der Waals surface area contributed by atoms with E-state index in [1.807, 2.05) is 39.8 Å². The molecule has 0 aromatic carbocycles. The molecule has 0 unspecified atom stereocenters. The van der Waals surface area contributed by atoms with Gasteiger partial charge in [0, 0.05) is 30.8 Å². The van der Waals surface area contributed by atoms with E-state index in [2.05, 4.69) is 5.32 Å². The summed E-state index contributed by atoms with van der Waals surface area (Å²) in [5.41, 5.74) is -0.304. The number of amides is 1. The van der Waals surface area contributed by atoms with E-state index in [-0.39, 0.29) is 23.2 Å². The molecule has 0 radical (unpaired) electrons. The number of hydrogen-bond donors (Lipinski definition) is 1. The summed E-state index contributed by atoms with van der Waals surface area (Å²) in [6, 6.07) is 0. The normalized spacial score (nSPS) is 23.1. The first-order valence-electron chi connectivity index (χ1n) is 8.17. The smallest absolute Gasteiger partial charge is 0.220 e. The summed E-state index contributed by atoms with van der Waals surface area (Å²) in [6.45, 7) is 7.48. The SMILES string of the molecule is CN(C)CCNC(=O)C[C@@H]1CCCC[C@@H]1C(=O)C(C)(C)C. The molecule has 4 heteroatoms. The van der Waals surface area contributed by atoms with Gasteiger partial charge in [-0.3, -0.25) is 9.59 Å². The lowest BCUT2D eigenvalue weighted by molar-refractivity contribution is -0.134. The van der Waals surface area contributed by atoms with E-state index in [4.69, 9.17) is 0 Å². The Kier molecular flexibility index (Phi) is 6.85. The highest BCUT2D eigenvalue weighted by Gasteiger charge is 2.37. The first-order chi connectivity index (χ1) is 9.71. The highest BCUT2D eigenvalue weighted by Crippen LogP contribution is 2.37. The number of nitrogens with one attached hydrogen (secondary N) is 1. The van der Waals surface area contributed by atoms with Crippen LogP contribution in [0.1, 0.15) is 52.9 Å². The Morgan fingerprint density at radius 1 is 1.14 bits per heavy atom. The number of Topliss-reactive ketones (excluding diaryl/α,β-unsaturated/α-hetero) is 1. The second-order valence-electron chi connectivity index (χ2n) is 7.62. The monoisotopic (exact) mass is 296 g/mol. The van der Waals surface area contributed by atoms with Crippen LogP contribution < -0.4 is 5.32 Å². The highest BCUT2D eigenvalue weighted by atomic mass is 16.1. The van der Waals surface area contributed by atoms with Crippen molar-refractivity contribution in [3.05, 3.63) is 0 Å². The number of carbonyl (C=O) groups is 2. The average molecular weight is 296 g/mol. The molecule has 2 atom stereocenters. The van der Waals surface area contributed by atoms with Gasteiger partial charge in [0.1, 0.15) is 5.78 Å². The predicted octanol–water partition coefficient (Wildman–Crippen LogP) is 2.48. The molecule has 1 N–H and O–H groups in total. The number of likely N-dealkylation sites (N-methyl/N-ethyl adjacent to an activating group) is 1. The van der Waals surface area contributed by atoms with Crippen LogP contribution in [-0.2, 0) is 9.59 Å². The Bertz CT molecular complexity index is 358. The van der Waals surface area contributed by atoms with Gasteiger partial charge in [0.25, 0.3) is 0 Å². The zero-order valence-electron chi connectivity index (χ0n) is 14.4. The van der Waals surface area contributed by atoms with Crippen molar-refractivity contribution in [1.29, 1.82) is 0 Å². The van der Waals surface area contributed by atoms with Crippen molar-refractivity contribution < 1.29 is 9.59 Å². The number of ketones is 1. The molecule has 4 nitrogen and oxygen atoms in total. The fourth-order valence-electron chi connectivity index (χ4n) is 3.08. The average Bonchev–Trinajstić information content (AvgIpc) is 2.37. The molecular formula is C17H32N2O2. The molecule has 122 valence electrons. The van der Waals surface area contributed by atoms with Crippen LogP contribution in [0.15, 0.2) is 0 Å². The van der Waals surface area contributed by atoms with Crippen molar-refractivity contribution >= 4 is 11.7 Å². The molecule has 0 aromatic heterocycles. The van der Waals surface area contributed by atoms with Crippen molar-refractivity contribution in [1.82, 2.24) is 10.2 Å². The van der Waals surface area contributed by atoms with E-state index >= 15 is 0 Å². The van der Waals surface area contributed by atoms with E-state index in [0.717, 1.165) is 32.2 Å². The third kappa shape index (κ3) is 6.16. The van der Waals surface area contributed by atoms with Crippen LogP contribution in [0.3, 0.4) is 0 Å². The maximum Gasteiger partial charge on any atom is 0.220 e. The zero-order chi connectivity index (χ0) is 16.0. The number of rotatable bonds is 6. The van der Waals surface area contributed by atoms with Crippen LogP contribution in [0, 0.1) is 17.3 Å². The fraction of sp³-hybridized carbons (Fsp3) is 0.882. The van der Waals surface area contributed by atoms with E-state index in [9.17, 15) is 9.59 Å². The molecule has 1 saturated carbocycles. The van der Waals surface area contributed by atoms with Gasteiger partial charge in [-0.05, 0) is 32.9 Å². The van der Waals surface area contributed by atoms with Crippen molar-refractivity contribution in [3.8, 4) is 0 Å². The molecule has 0 aliphatic heterocycles. The number of nitrogens with zero attached hydrogens (tertiary/aromatic N) is 1.